The van der Waals surface area contributed by atoms with Crippen LogP contribution in [0.2, 0.25) is 20.1 Å². The molecule has 0 amide bonds. The van der Waals surface area contributed by atoms with E-state index in [2.05, 4.69) is 0 Å². The third kappa shape index (κ3) is 3.44. The Bertz CT molecular complexity index is 1140. The molecule has 10 heteroatoms. The topological polar surface area (TPSA) is 94.8 Å². The summed E-state index contributed by atoms with van der Waals surface area (Å²) in [7, 11) is -5.07. The Morgan fingerprint density at radius 2 is 1.10 bits per heavy atom. The molecule has 0 aliphatic rings. The summed E-state index contributed by atoms with van der Waals surface area (Å²) in [5.41, 5.74) is -0.397. The quantitative estimate of drug-likeness (QED) is 0.311. The molecule has 0 bridgehead atoms. The van der Waals surface area contributed by atoms with Gasteiger partial charge in [0.15, 0.2) is 16.2 Å². The summed E-state index contributed by atoms with van der Waals surface area (Å²) in [6, 6.07) is 12.5. The molecular weight excluding hydrogens is 482 g/mol. The standard InChI is InChI=1S/C19H12Cl4O5S/c20-13-8-6-11(15(22)17(13)24)19(29(26,27)28,10-4-2-1-3-5-10)12-7-9-14(21)18(25)16(12)23/h1-9,24-25H,(H,26,27,28). The zero-order chi connectivity index (χ0) is 21.6. The average Bonchev–Trinajstić information content (AvgIpc) is 2.67. The molecule has 3 aromatic rings. The van der Waals surface area contributed by atoms with Crippen LogP contribution in [0.15, 0.2) is 54.6 Å². The lowest BCUT2D eigenvalue weighted by atomic mass is 9.83. The van der Waals surface area contributed by atoms with Crippen LogP contribution in [0.3, 0.4) is 0 Å². The molecule has 0 saturated carbocycles. The van der Waals surface area contributed by atoms with Crippen LogP contribution in [-0.2, 0) is 14.9 Å². The van der Waals surface area contributed by atoms with Crippen molar-refractivity contribution >= 4 is 56.5 Å². The van der Waals surface area contributed by atoms with Gasteiger partial charge >= 0.3 is 0 Å². The highest BCUT2D eigenvalue weighted by Gasteiger charge is 2.51. The number of benzene rings is 3. The van der Waals surface area contributed by atoms with Crippen molar-refractivity contribution in [3.63, 3.8) is 0 Å². The minimum atomic E-state index is -5.07. The fourth-order valence-corrected chi connectivity index (χ4v) is 5.65. The first kappa shape index (κ1) is 22.0. The highest BCUT2D eigenvalue weighted by molar-refractivity contribution is 7.87. The van der Waals surface area contributed by atoms with Crippen LogP contribution in [0.4, 0.5) is 0 Å². The van der Waals surface area contributed by atoms with E-state index in [1.54, 1.807) is 18.2 Å². The first-order chi connectivity index (χ1) is 13.5. The van der Waals surface area contributed by atoms with Crippen LogP contribution in [0, 0.1) is 0 Å². The van der Waals surface area contributed by atoms with Crippen molar-refractivity contribution < 1.29 is 23.2 Å². The van der Waals surface area contributed by atoms with E-state index in [9.17, 15) is 23.2 Å². The summed E-state index contributed by atoms with van der Waals surface area (Å²) < 4.78 is 34.0. The molecule has 3 rings (SSSR count). The van der Waals surface area contributed by atoms with E-state index in [-0.39, 0.29) is 26.7 Å². The Labute approximate surface area is 186 Å². The first-order valence-electron chi connectivity index (χ1n) is 7.91. The summed E-state index contributed by atoms with van der Waals surface area (Å²) in [6.07, 6.45) is 0. The number of aromatic hydroxyl groups is 2. The van der Waals surface area contributed by atoms with Crippen molar-refractivity contribution in [1.82, 2.24) is 0 Å². The smallest absolute Gasteiger partial charge is 0.283 e. The largest absolute Gasteiger partial charge is 0.505 e. The maximum absolute atomic E-state index is 13.0. The van der Waals surface area contributed by atoms with Gasteiger partial charge in [0.05, 0.1) is 20.1 Å². The molecule has 0 aliphatic carbocycles. The van der Waals surface area contributed by atoms with E-state index in [0.29, 0.717) is 0 Å². The maximum atomic E-state index is 13.0. The summed E-state index contributed by atoms with van der Waals surface area (Å²) in [5, 5.41) is 19.4. The third-order valence-electron chi connectivity index (χ3n) is 4.46. The SMILES string of the molecule is O=S(=O)(O)C(c1ccccc1)(c1ccc(Cl)c(O)c1Cl)c1ccc(Cl)c(O)c1Cl. The second kappa shape index (κ2) is 7.87. The third-order valence-corrected chi connectivity index (χ3v) is 7.28. The Hall–Kier alpha value is -1.67. The summed E-state index contributed by atoms with van der Waals surface area (Å²) in [5.74, 6) is -1.16. The molecule has 152 valence electrons. The second-order valence-electron chi connectivity index (χ2n) is 6.04. The Morgan fingerprint density at radius 1 is 0.690 bits per heavy atom. The lowest BCUT2D eigenvalue weighted by Crippen LogP contribution is -2.38. The molecule has 0 heterocycles. The van der Waals surface area contributed by atoms with Gasteiger partial charge in [0, 0.05) is 11.1 Å². The van der Waals surface area contributed by atoms with Crippen LogP contribution in [-0.4, -0.2) is 23.2 Å². The zero-order valence-electron chi connectivity index (χ0n) is 14.3. The monoisotopic (exact) mass is 492 g/mol. The Morgan fingerprint density at radius 3 is 1.48 bits per heavy atom. The maximum Gasteiger partial charge on any atom is 0.283 e. The molecule has 3 N–H and O–H groups in total. The molecular formula is C19H12Cl4O5S. The average molecular weight is 494 g/mol. The number of hydrogen-bond donors (Lipinski definition) is 3. The lowest BCUT2D eigenvalue weighted by Gasteiger charge is -2.34. The van der Waals surface area contributed by atoms with E-state index in [0.717, 1.165) is 0 Å². The van der Waals surface area contributed by atoms with Gasteiger partial charge in [-0.2, -0.15) is 8.42 Å². The van der Waals surface area contributed by atoms with Crippen molar-refractivity contribution in [1.29, 1.82) is 0 Å². The molecule has 0 fully saturated rings. The molecule has 0 aliphatic heterocycles. The number of phenolic OH excluding ortho intramolecular Hbond substituents is 2. The highest BCUT2D eigenvalue weighted by atomic mass is 35.5. The van der Waals surface area contributed by atoms with Crippen molar-refractivity contribution in [3.05, 3.63) is 91.4 Å². The van der Waals surface area contributed by atoms with Crippen LogP contribution in [0.1, 0.15) is 16.7 Å². The predicted molar refractivity (Wildman–Crippen MR) is 114 cm³/mol. The molecule has 29 heavy (non-hydrogen) atoms. The van der Waals surface area contributed by atoms with E-state index < -0.39 is 36.4 Å². The molecule has 3 aromatic carbocycles. The van der Waals surface area contributed by atoms with Crippen LogP contribution >= 0.6 is 46.4 Å². The number of hydrogen-bond acceptors (Lipinski definition) is 4. The zero-order valence-corrected chi connectivity index (χ0v) is 18.1. The van der Waals surface area contributed by atoms with Gasteiger partial charge in [-0.1, -0.05) is 88.9 Å². The summed E-state index contributed by atoms with van der Waals surface area (Å²) in [6.45, 7) is 0. The van der Waals surface area contributed by atoms with Crippen molar-refractivity contribution in [2.24, 2.45) is 0 Å². The molecule has 0 atom stereocenters. The normalized spacial score (nSPS) is 12.2. The minimum absolute atomic E-state index is 0.0507. The second-order valence-corrected chi connectivity index (χ2v) is 9.17. The van der Waals surface area contributed by atoms with Gasteiger partial charge in [0.1, 0.15) is 0 Å². The van der Waals surface area contributed by atoms with Crippen molar-refractivity contribution in [3.8, 4) is 11.5 Å². The predicted octanol–water partition coefficient (Wildman–Crippen LogP) is 5.89. The number of rotatable bonds is 4. The van der Waals surface area contributed by atoms with E-state index in [4.69, 9.17) is 46.4 Å². The van der Waals surface area contributed by atoms with Gasteiger partial charge in [-0.25, -0.2) is 0 Å². The van der Waals surface area contributed by atoms with Crippen LogP contribution in [0.5, 0.6) is 11.5 Å². The van der Waals surface area contributed by atoms with E-state index >= 15 is 0 Å². The van der Waals surface area contributed by atoms with Gasteiger partial charge in [0.2, 0.25) is 0 Å². The molecule has 0 spiro atoms. The number of halogens is 4. The summed E-state index contributed by atoms with van der Waals surface area (Å²) >= 11 is 24.3. The van der Waals surface area contributed by atoms with Crippen molar-refractivity contribution in [2.75, 3.05) is 0 Å². The fourth-order valence-electron chi connectivity index (χ4n) is 3.18. The molecule has 0 radical (unpaired) electrons. The van der Waals surface area contributed by atoms with Gasteiger partial charge < -0.3 is 10.2 Å². The Balaban J connectivity index is 2.62. The van der Waals surface area contributed by atoms with Crippen molar-refractivity contribution in [2.45, 2.75) is 4.75 Å². The Kier molecular flexibility index (Phi) is 5.98. The van der Waals surface area contributed by atoms with Gasteiger partial charge in [-0.3, -0.25) is 4.55 Å². The lowest BCUT2D eigenvalue weighted by molar-refractivity contribution is 0.455. The first-order valence-corrected chi connectivity index (χ1v) is 10.9. The number of phenols is 2. The molecule has 5 nitrogen and oxygen atoms in total. The van der Waals surface area contributed by atoms with E-state index in [1.807, 2.05) is 0 Å². The van der Waals surface area contributed by atoms with Gasteiger partial charge in [-0.15, -0.1) is 0 Å². The molecule has 0 saturated heterocycles. The fraction of sp³-hybridized carbons (Fsp3) is 0.0526. The minimum Gasteiger partial charge on any atom is -0.505 e. The highest BCUT2D eigenvalue weighted by Crippen LogP contribution is 2.52. The molecule has 0 aromatic heterocycles. The summed E-state index contributed by atoms with van der Waals surface area (Å²) in [4.78, 5) is 0. The van der Waals surface area contributed by atoms with Crippen LogP contribution in [0.25, 0.3) is 0 Å². The van der Waals surface area contributed by atoms with Gasteiger partial charge in [0.25, 0.3) is 10.1 Å². The van der Waals surface area contributed by atoms with Gasteiger partial charge in [-0.05, 0) is 17.7 Å². The van der Waals surface area contributed by atoms with E-state index in [1.165, 1.54) is 36.4 Å². The van der Waals surface area contributed by atoms with Crippen LogP contribution < -0.4 is 0 Å². The molecule has 0 unspecified atom stereocenters.